The Labute approximate surface area is 69.3 Å². The number of allylic oxidation sites excluding steroid dienone is 2. The Hall–Kier alpha value is -0.450. The molecule has 0 spiro atoms. The molecule has 0 N–H and O–H groups in total. The lowest BCUT2D eigenvalue weighted by atomic mass is 10.4. The lowest BCUT2D eigenvalue weighted by Gasteiger charge is -1.98. The van der Waals surface area contributed by atoms with Gasteiger partial charge in [-0.15, -0.1) is 0 Å². The molecule has 1 heterocycles. The summed E-state index contributed by atoms with van der Waals surface area (Å²) in [4.78, 5) is 10.8. The fraction of sp³-hybridized carbons (Fsp3) is 0.143. The summed E-state index contributed by atoms with van der Waals surface area (Å²) in [6.45, 7) is 0. The number of hydrogen-bond donors (Lipinski definition) is 0. The van der Waals surface area contributed by atoms with Crippen molar-refractivity contribution in [1.82, 2.24) is 0 Å². The molecule has 0 unspecified atom stereocenters. The fourth-order valence-corrected chi connectivity index (χ4v) is 2.26. The normalized spacial score (nSPS) is 15.5. The van der Waals surface area contributed by atoms with Crippen molar-refractivity contribution in [3.63, 3.8) is 0 Å². The molecule has 0 radical (unpaired) electrons. The summed E-state index contributed by atoms with van der Waals surface area (Å²) in [5.74, 6) is -0.187. The van der Waals surface area contributed by atoms with E-state index in [4.69, 9.17) is 0 Å². The minimum Gasteiger partial charge on any atom is -0.465 e. The third-order valence-electron chi connectivity index (χ3n) is 0.987. The minimum absolute atomic E-state index is 0.187. The molecule has 0 saturated heterocycles. The molecule has 54 valence electrons. The molecule has 1 rings (SSSR count). The van der Waals surface area contributed by atoms with Crippen LogP contribution in [0.1, 0.15) is 0 Å². The Kier molecular flexibility index (Phi) is 2.80. The molecule has 0 aliphatic carbocycles. The maximum atomic E-state index is 10.8. The number of rotatable bonds is 1. The van der Waals surface area contributed by atoms with Crippen LogP contribution in [0, 0.1) is 0 Å². The van der Waals surface area contributed by atoms with Crippen LogP contribution >= 0.6 is 20.7 Å². The van der Waals surface area contributed by atoms with Crippen LogP contribution < -0.4 is 0 Å². The average Bonchev–Trinajstić information content (AvgIpc) is 2.05. The van der Waals surface area contributed by atoms with Crippen molar-refractivity contribution in [2.24, 2.45) is 0 Å². The summed E-state index contributed by atoms with van der Waals surface area (Å²) < 4.78 is 7.41. The SMILES string of the molecule is COC(=O)C1=IC=CC=C1. The molecule has 0 atom stereocenters. The van der Waals surface area contributed by atoms with E-state index < -0.39 is 0 Å². The van der Waals surface area contributed by atoms with Crippen LogP contribution in [0.4, 0.5) is 0 Å². The monoisotopic (exact) mass is 250 g/mol. The zero-order valence-electron chi connectivity index (χ0n) is 5.50. The third kappa shape index (κ3) is 1.76. The molecule has 0 fully saturated rings. The number of hydrogen-bond acceptors (Lipinski definition) is 2. The Balaban J connectivity index is 2.74. The first-order valence-corrected chi connectivity index (χ1v) is 5.09. The van der Waals surface area contributed by atoms with Gasteiger partial charge >= 0.3 is 5.97 Å². The summed E-state index contributed by atoms with van der Waals surface area (Å²) in [7, 11) is 1.41. The molecule has 2 nitrogen and oxygen atoms in total. The van der Waals surface area contributed by atoms with Gasteiger partial charge in [-0.05, 0) is 10.2 Å². The maximum absolute atomic E-state index is 10.8. The van der Waals surface area contributed by atoms with Crippen molar-refractivity contribution in [1.29, 1.82) is 0 Å². The molecular formula is C7H7IO2. The van der Waals surface area contributed by atoms with Crippen molar-refractivity contribution in [3.05, 3.63) is 22.3 Å². The summed E-state index contributed by atoms with van der Waals surface area (Å²) in [5, 5.41) is 0. The molecule has 0 bridgehead atoms. The lowest BCUT2D eigenvalue weighted by molar-refractivity contribution is -0.132. The Morgan fingerprint density at radius 1 is 1.60 bits per heavy atom. The molecule has 1 aliphatic rings. The van der Waals surface area contributed by atoms with Crippen molar-refractivity contribution >= 4 is 30.2 Å². The molecule has 0 aromatic heterocycles. The van der Waals surface area contributed by atoms with E-state index in [-0.39, 0.29) is 26.7 Å². The Morgan fingerprint density at radius 2 is 2.40 bits per heavy atom. The highest BCUT2D eigenvalue weighted by Gasteiger charge is 2.05. The van der Waals surface area contributed by atoms with E-state index in [2.05, 4.69) is 4.74 Å². The zero-order chi connectivity index (χ0) is 7.40. The first kappa shape index (κ1) is 7.65. The van der Waals surface area contributed by atoms with Crippen LogP contribution in [0.3, 0.4) is 0 Å². The Morgan fingerprint density at radius 3 is 2.90 bits per heavy atom. The second kappa shape index (κ2) is 3.65. The van der Waals surface area contributed by atoms with Gasteiger partial charge in [-0.1, -0.05) is 32.9 Å². The summed E-state index contributed by atoms with van der Waals surface area (Å²) in [6.07, 6.45) is 5.63. The maximum Gasteiger partial charge on any atom is 0.343 e. The van der Waals surface area contributed by atoms with Crippen LogP contribution in [-0.2, 0) is 9.53 Å². The van der Waals surface area contributed by atoms with E-state index in [0.29, 0.717) is 0 Å². The van der Waals surface area contributed by atoms with E-state index in [9.17, 15) is 4.79 Å². The highest BCUT2D eigenvalue weighted by molar-refractivity contribution is 14.2. The smallest absolute Gasteiger partial charge is 0.343 e. The van der Waals surface area contributed by atoms with Gasteiger partial charge in [-0.25, -0.2) is 4.79 Å². The van der Waals surface area contributed by atoms with Gasteiger partial charge < -0.3 is 4.74 Å². The van der Waals surface area contributed by atoms with E-state index in [1.807, 2.05) is 22.3 Å². The quantitative estimate of drug-likeness (QED) is 0.519. The Bertz CT molecular complexity index is 226. The second-order valence-electron chi connectivity index (χ2n) is 1.63. The molecule has 3 heteroatoms. The second-order valence-corrected chi connectivity index (χ2v) is 4.13. The van der Waals surface area contributed by atoms with E-state index in [0.717, 1.165) is 3.51 Å². The largest absolute Gasteiger partial charge is 0.465 e. The van der Waals surface area contributed by atoms with Gasteiger partial charge in [0.25, 0.3) is 0 Å². The summed E-state index contributed by atoms with van der Waals surface area (Å²) >= 11 is -0.223. The van der Waals surface area contributed by atoms with Gasteiger partial charge in [-0.2, -0.15) is 0 Å². The van der Waals surface area contributed by atoms with Gasteiger partial charge in [0.05, 0.1) is 10.6 Å². The van der Waals surface area contributed by atoms with Crippen molar-refractivity contribution < 1.29 is 9.53 Å². The predicted molar refractivity (Wildman–Crippen MR) is 49.3 cm³/mol. The number of esters is 1. The van der Waals surface area contributed by atoms with E-state index in [1.54, 1.807) is 0 Å². The molecule has 1 aliphatic heterocycles. The highest BCUT2D eigenvalue weighted by Crippen LogP contribution is 2.09. The summed E-state index contributed by atoms with van der Waals surface area (Å²) in [5.41, 5.74) is 0. The van der Waals surface area contributed by atoms with Gasteiger partial charge in [0.1, 0.15) is 0 Å². The summed E-state index contributed by atoms with van der Waals surface area (Å²) in [6, 6.07) is 0. The van der Waals surface area contributed by atoms with Crippen LogP contribution in [0.15, 0.2) is 22.3 Å². The predicted octanol–water partition coefficient (Wildman–Crippen LogP) is 1.39. The molecule has 0 aromatic carbocycles. The van der Waals surface area contributed by atoms with Gasteiger partial charge in [0.2, 0.25) is 0 Å². The van der Waals surface area contributed by atoms with Crippen molar-refractivity contribution in [2.75, 3.05) is 7.11 Å². The zero-order valence-corrected chi connectivity index (χ0v) is 7.66. The minimum atomic E-state index is -0.223. The number of methoxy groups -OCH3 is 1. The van der Waals surface area contributed by atoms with Crippen LogP contribution in [0.5, 0.6) is 0 Å². The first-order valence-electron chi connectivity index (χ1n) is 2.76. The number of ether oxygens (including phenoxy) is 1. The van der Waals surface area contributed by atoms with Gasteiger partial charge in [0.15, 0.2) is 0 Å². The number of halogens is 1. The number of carbonyl (C=O) groups excluding carboxylic acids is 1. The van der Waals surface area contributed by atoms with Crippen LogP contribution in [0.25, 0.3) is 0 Å². The number of carbonyl (C=O) groups is 1. The van der Waals surface area contributed by atoms with E-state index >= 15 is 0 Å². The molecule has 10 heavy (non-hydrogen) atoms. The first-order chi connectivity index (χ1) is 4.84. The standard InChI is InChI=1S/C7H7IO2/c1-10-7(9)6-4-2-3-5-8-6/h2-5H,1H3. The van der Waals surface area contributed by atoms with Crippen LogP contribution in [-0.4, -0.2) is 16.6 Å². The topological polar surface area (TPSA) is 26.3 Å². The third-order valence-corrected chi connectivity index (χ3v) is 3.23. The average molecular weight is 250 g/mol. The molecule has 0 saturated carbocycles. The molecule has 0 aromatic rings. The van der Waals surface area contributed by atoms with Gasteiger partial charge in [-0.3, -0.25) is 0 Å². The van der Waals surface area contributed by atoms with E-state index in [1.165, 1.54) is 7.11 Å². The van der Waals surface area contributed by atoms with Crippen molar-refractivity contribution in [2.45, 2.75) is 0 Å². The van der Waals surface area contributed by atoms with Crippen LogP contribution in [0.2, 0.25) is 0 Å². The molecule has 0 amide bonds. The molecular weight excluding hydrogens is 243 g/mol. The lowest BCUT2D eigenvalue weighted by Crippen LogP contribution is -2.10. The van der Waals surface area contributed by atoms with Gasteiger partial charge in [0, 0.05) is 0 Å². The fourth-order valence-electron chi connectivity index (χ4n) is 0.533. The highest BCUT2D eigenvalue weighted by atomic mass is 127. The van der Waals surface area contributed by atoms with Crippen molar-refractivity contribution in [3.8, 4) is 0 Å².